The fourth-order valence-electron chi connectivity index (χ4n) is 3.12. The Morgan fingerprint density at radius 1 is 1.09 bits per heavy atom. The van der Waals surface area contributed by atoms with Crippen LogP contribution in [0.2, 0.25) is 0 Å². The van der Waals surface area contributed by atoms with Gasteiger partial charge < -0.3 is 4.74 Å². The van der Waals surface area contributed by atoms with Gasteiger partial charge in [-0.1, -0.05) is 18.2 Å². The zero-order valence-corrected chi connectivity index (χ0v) is 18.9. The molecule has 1 heterocycles. The Kier molecular flexibility index (Phi) is 7.70. The lowest BCUT2D eigenvalue weighted by molar-refractivity contribution is -0.384. The third-order valence-electron chi connectivity index (χ3n) is 4.61. The van der Waals surface area contributed by atoms with Crippen molar-refractivity contribution in [2.45, 2.75) is 34.8 Å². The molecule has 0 saturated carbocycles. The van der Waals surface area contributed by atoms with Crippen LogP contribution in [0.5, 0.6) is 0 Å². The fraction of sp³-hybridized carbons (Fsp3) is 0.227. The number of carbonyl (C=O) groups is 1. The molecule has 0 fully saturated rings. The molecule has 3 rings (SSSR count). The molecule has 0 unspecified atom stereocenters. The predicted octanol–water partition coefficient (Wildman–Crippen LogP) is 4.81. The van der Waals surface area contributed by atoms with Crippen LogP contribution >= 0.6 is 11.8 Å². The van der Waals surface area contributed by atoms with Crippen LogP contribution in [-0.2, 0) is 19.6 Å². The van der Waals surface area contributed by atoms with Crippen molar-refractivity contribution in [3.63, 3.8) is 0 Å². The maximum atomic E-state index is 13.3. The van der Waals surface area contributed by atoms with Crippen LogP contribution in [0.25, 0.3) is 0 Å². The summed E-state index contributed by atoms with van der Waals surface area (Å²) in [6.45, 7) is 1.59. The van der Waals surface area contributed by atoms with E-state index in [4.69, 9.17) is 4.74 Å². The lowest BCUT2D eigenvalue weighted by Gasteiger charge is -2.19. The summed E-state index contributed by atoms with van der Waals surface area (Å²) in [5.74, 6) is -0.360. The molecule has 1 atom stereocenters. The van der Waals surface area contributed by atoms with E-state index in [0.29, 0.717) is 18.5 Å². The summed E-state index contributed by atoms with van der Waals surface area (Å²) in [5, 5.41) is 10.7. The molecule has 32 heavy (non-hydrogen) atoms. The fourth-order valence-corrected chi connectivity index (χ4v) is 5.83. The van der Waals surface area contributed by atoms with Crippen LogP contribution in [0.1, 0.15) is 30.7 Å². The summed E-state index contributed by atoms with van der Waals surface area (Å²) in [5.41, 5.74) is 0.389. The van der Waals surface area contributed by atoms with Crippen LogP contribution in [0.15, 0.2) is 82.7 Å². The van der Waals surface area contributed by atoms with Crippen molar-refractivity contribution in [1.82, 2.24) is 3.97 Å². The molecule has 0 radical (unpaired) electrons. The minimum absolute atomic E-state index is 0.0380. The van der Waals surface area contributed by atoms with Gasteiger partial charge in [-0.15, -0.1) is 11.8 Å². The third-order valence-corrected chi connectivity index (χ3v) is 7.64. The van der Waals surface area contributed by atoms with Gasteiger partial charge >= 0.3 is 5.97 Å². The van der Waals surface area contributed by atoms with Crippen molar-refractivity contribution in [1.29, 1.82) is 0 Å². The normalized spacial score (nSPS) is 12.3. The van der Waals surface area contributed by atoms with Crippen LogP contribution < -0.4 is 0 Å². The van der Waals surface area contributed by atoms with Crippen molar-refractivity contribution in [2.24, 2.45) is 0 Å². The number of benzene rings is 2. The number of rotatable bonds is 10. The standard InChI is InChI=1S/C22H22N2O6S2/c1-17(25)30-16-6-10-22(31-19-7-3-2-4-8-19)21-9-5-15-23(21)32(28,29)20-13-11-18(12-14-20)24(26)27/h2-5,7-9,11-15,22H,6,10,16H2,1H3/t22-/m1/s1. The Bertz CT molecular complexity index is 1170. The molecule has 0 aliphatic carbocycles. The lowest BCUT2D eigenvalue weighted by Crippen LogP contribution is -2.16. The van der Waals surface area contributed by atoms with Gasteiger partial charge in [-0.25, -0.2) is 12.4 Å². The summed E-state index contributed by atoms with van der Waals surface area (Å²) in [7, 11) is -3.95. The maximum Gasteiger partial charge on any atom is 0.302 e. The average Bonchev–Trinajstić information content (AvgIpc) is 3.27. The van der Waals surface area contributed by atoms with Gasteiger partial charge in [0, 0.05) is 35.8 Å². The summed E-state index contributed by atoms with van der Waals surface area (Å²) >= 11 is 1.52. The van der Waals surface area contributed by atoms with Gasteiger partial charge in [0.1, 0.15) is 0 Å². The Morgan fingerprint density at radius 2 is 1.78 bits per heavy atom. The number of nitro benzene ring substituents is 1. The smallest absolute Gasteiger partial charge is 0.302 e. The van der Waals surface area contributed by atoms with Gasteiger partial charge in [-0.3, -0.25) is 14.9 Å². The number of nitrogens with zero attached hydrogens (tertiary/aromatic N) is 2. The minimum Gasteiger partial charge on any atom is -0.466 e. The van der Waals surface area contributed by atoms with E-state index < -0.39 is 14.9 Å². The zero-order valence-electron chi connectivity index (χ0n) is 17.3. The first-order valence-corrected chi connectivity index (χ1v) is 12.1. The monoisotopic (exact) mass is 474 g/mol. The van der Waals surface area contributed by atoms with Gasteiger partial charge in [-0.05, 0) is 49.2 Å². The molecule has 168 valence electrons. The SMILES string of the molecule is CC(=O)OCCC[C@@H](Sc1ccccc1)c1cccn1S(=O)(=O)c1ccc([N+](=O)[O-])cc1. The van der Waals surface area contributed by atoms with Gasteiger partial charge in [0.05, 0.1) is 21.7 Å². The molecule has 3 aromatic rings. The first kappa shape index (κ1) is 23.6. The Hall–Kier alpha value is -3.11. The number of hydrogen-bond acceptors (Lipinski definition) is 7. The molecular formula is C22H22N2O6S2. The molecule has 0 saturated heterocycles. The number of aromatic nitrogens is 1. The molecule has 10 heteroatoms. The molecule has 0 amide bonds. The molecule has 2 aromatic carbocycles. The topological polar surface area (TPSA) is 109 Å². The number of esters is 1. The summed E-state index contributed by atoms with van der Waals surface area (Å²) < 4.78 is 32.8. The highest BCUT2D eigenvalue weighted by Crippen LogP contribution is 2.39. The molecule has 0 N–H and O–H groups in total. The van der Waals surface area contributed by atoms with Gasteiger partial charge in [0.25, 0.3) is 15.7 Å². The molecular weight excluding hydrogens is 452 g/mol. The van der Waals surface area contributed by atoms with E-state index in [0.717, 1.165) is 4.90 Å². The highest BCUT2D eigenvalue weighted by Gasteiger charge is 2.25. The van der Waals surface area contributed by atoms with E-state index in [-0.39, 0.29) is 28.4 Å². The van der Waals surface area contributed by atoms with Crippen LogP contribution in [0, 0.1) is 10.1 Å². The van der Waals surface area contributed by atoms with E-state index in [1.165, 1.54) is 53.1 Å². The molecule has 0 bridgehead atoms. The van der Waals surface area contributed by atoms with Gasteiger partial charge in [0.15, 0.2) is 0 Å². The zero-order chi connectivity index (χ0) is 23.1. The van der Waals surface area contributed by atoms with Crippen LogP contribution in [0.3, 0.4) is 0 Å². The molecule has 8 nitrogen and oxygen atoms in total. The van der Waals surface area contributed by atoms with Crippen molar-refractivity contribution >= 4 is 33.4 Å². The second kappa shape index (κ2) is 10.5. The molecule has 0 spiro atoms. The number of nitro groups is 1. The second-order valence-corrected chi connectivity index (χ2v) is 9.98. The number of ether oxygens (including phenoxy) is 1. The van der Waals surface area contributed by atoms with Crippen LogP contribution in [0.4, 0.5) is 5.69 Å². The first-order chi connectivity index (χ1) is 15.3. The molecule has 1 aromatic heterocycles. The number of carbonyl (C=O) groups excluding carboxylic acids is 1. The van der Waals surface area contributed by atoms with Crippen molar-refractivity contribution in [3.05, 3.63) is 88.7 Å². The van der Waals surface area contributed by atoms with E-state index in [1.54, 1.807) is 12.1 Å². The molecule has 0 aliphatic rings. The number of non-ortho nitro benzene ring substituents is 1. The van der Waals surface area contributed by atoms with Crippen molar-refractivity contribution in [2.75, 3.05) is 6.61 Å². The maximum absolute atomic E-state index is 13.3. The van der Waals surface area contributed by atoms with E-state index >= 15 is 0 Å². The minimum atomic E-state index is -3.95. The van der Waals surface area contributed by atoms with E-state index in [9.17, 15) is 23.3 Å². The van der Waals surface area contributed by atoms with Gasteiger partial charge in [-0.2, -0.15) is 0 Å². The van der Waals surface area contributed by atoms with Gasteiger partial charge in [0.2, 0.25) is 0 Å². The lowest BCUT2D eigenvalue weighted by atomic mass is 10.2. The van der Waals surface area contributed by atoms with Crippen molar-refractivity contribution < 1.29 is 22.9 Å². The van der Waals surface area contributed by atoms with E-state index in [2.05, 4.69) is 0 Å². The first-order valence-electron chi connectivity index (χ1n) is 9.81. The third kappa shape index (κ3) is 5.77. The molecule has 0 aliphatic heterocycles. The summed E-state index contributed by atoms with van der Waals surface area (Å²) in [4.78, 5) is 22.3. The number of hydrogen-bond donors (Lipinski definition) is 0. The Balaban J connectivity index is 1.91. The average molecular weight is 475 g/mol. The summed E-state index contributed by atoms with van der Waals surface area (Å²) in [6, 6.07) is 17.8. The highest BCUT2D eigenvalue weighted by atomic mass is 32.2. The largest absolute Gasteiger partial charge is 0.466 e. The number of thioether (sulfide) groups is 1. The van der Waals surface area contributed by atoms with E-state index in [1.807, 2.05) is 30.3 Å². The summed E-state index contributed by atoms with van der Waals surface area (Å²) in [6.07, 6.45) is 2.61. The Labute approximate surface area is 190 Å². The predicted molar refractivity (Wildman–Crippen MR) is 121 cm³/mol. The highest BCUT2D eigenvalue weighted by molar-refractivity contribution is 7.99. The Morgan fingerprint density at radius 3 is 2.41 bits per heavy atom. The van der Waals surface area contributed by atoms with Crippen molar-refractivity contribution in [3.8, 4) is 0 Å². The quantitative estimate of drug-likeness (QED) is 0.136. The van der Waals surface area contributed by atoms with Crippen LogP contribution in [-0.4, -0.2) is 29.9 Å². The second-order valence-electron chi connectivity index (χ2n) is 6.89.